The molecule has 0 bridgehead atoms. The van der Waals surface area contributed by atoms with E-state index in [1.54, 1.807) is 41.9 Å². The van der Waals surface area contributed by atoms with Gasteiger partial charge in [-0.1, -0.05) is 18.7 Å². The molecule has 4 rings (SSSR count). The number of ether oxygens (including phenoxy) is 2. The second kappa shape index (κ2) is 11.0. The minimum absolute atomic E-state index is 0.334. The lowest BCUT2D eigenvalue weighted by Gasteiger charge is -2.09. The summed E-state index contributed by atoms with van der Waals surface area (Å²) >= 11 is 0. The number of hydrogen-bond acceptors (Lipinski definition) is 5. The van der Waals surface area contributed by atoms with Gasteiger partial charge in [-0.2, -0.15) is 5.10 Å². The molecule has 0 amide bonds. The molecule has 0 aliphatic rings. The minimum Gasteiger partial charge on any atom is -0.465 e. The predicted molar refractivity (Wildman–Crippen MR) is 138 cm³/mol. The molecule has 0 aliphatic heterocycles. The van der Waals surface area contributed by atoms with Gasteiger partial charge >= 0.3 is 5.97 Å². The Hall–Kier alpha value is -4.59. The van der Waals surface area contributed by atoms with E-state index < -0.39 is 5.97 Å². The van der Waals surface area contributed by atoms with Gasteiger partial charge in [0.25, 0.3) is 0 Å². The molecule has 0 radical (unpaired) electrons. The number of carbonyl (C=O) groups excluding carboxylic acids is 1. The minimum atomic E-state index is -0.510. The maximum Gasteiger partial charge on any atom is 0.338 e. The fraction of sp³-hybridized carbons (Fsp3) is 0.138. The molecule has 2 aromatic heterocycles. The predicted octanol–water partition coefficient (Wildman–Crippen LogP) is 6.70. The van der Waals surface area contributed by atoms with Crippen molar-refractivity contribution < 1.29 is 23.0 Å². The second-order valence-corrected chi connectivity index (χ2v) is 8.27. The third-order valence-electron chi connectivity index (χ3n) is 5.59. The molecule has 0 unspecified atom stereocenters. The summed E-state index contributed by atoms with van der Waals surface area (Å²) in [5.41, 5.74) is 3.54. The van der Waals surface area contributed by atoms with Crippen molar-refractivity contribution in [3.63, 3.8) is 0 Å². The summed E-state index contributed by atoms with van der Waals surface area (Å²) in [6.45, 7) is 7.21. The lowest BCUT2D eigenvalue weighted by molar-refractivity contribution is 0.0603. The summed E-state index contributed by atoms with van der Waals surface area (Å²) in [6, 6.07) is 14.8. The highest BCUT2D eigenvalue weighted by Crippen LogP contribution is 2.28. The van der Waals surface area contributed by atoms with Crippen LogP contribution in [0.5, 0.6) is 5.75 Å². The van der Waals surface area contributed by atoms with Crippen LogP contribution in [-0.4, -0.2) is 27.8 Å². The van der Waals surface area contributed by atoms with Crippen LogP contribution in [0.4, 0.5) is 8.78 Å². The molecule has 2 aromatic carbocycles. The Kier molecular flexibility index (Phi) is 7.57. The number of nitrogens with zero attached hydrogens (tertiary/aromatic N) is 3. The van der Waals surface area contributed by atoms with Crippen molar-refractivity contribution in [2.45, 2.75) is 20.4 Å². The number of halogens is 2. The van der Waals surface area contributed by atoms with Crippen molar-refractivity contribution in [3.8, 4) is 17.0 Å². The molecule has 2 heterocycles. The first-order valence-electron chi connectivity index (χ1n) is 11.4. The topological polar surface area (TPSA) is 66.2 Å². The fourth-order valence-electron chi connectivity index (χ4n) is 3.82. The molecule has 0 atom stereocenters. The van der Waals surface area contributed by atoms with E-state index in [1.165, 1.54) is 44.4 Å². The zero-order valence-corrected chi connectivity index (χ0v) is 20.7. The highest BCUT2D eigenvalue weighted by atomic mass is 19.1. The van der Waals surface area contributed by atoms with Crippen LogP contribution in [0.15, 0.2) is 91.0 Å². The number of hydrogen-bond donors (Lipinski definition) is 0. The standard InChI is InChI=1S/C29H25F2N3O3/c1-5-23(13-6-18(2)30)37-24-14-7-20(8-15-24)17-34-28-27(19(3)33-34)25(29(35)36-4)16-26(32-28)21-9-11-22(31)12-10-21/h5-16H,1,17H2,2-4H3/b18-6+,23-13+. The van der Waals surface area contributed by atoms with Gasteiger partial charge in [-0.05, 0) is 80.1 Å². The summed E-state index contributed by atoms with van der Waals surface area (Å²) in [4.78, 5) is 17.4. The quantitative estimate of drug-likeness (QED) is 0.153. The average molecular weight is 502 g/mol. The van der Waals surface area contributed by atoms with Crippen molar-refractivity contribution in [2.75, 3.05) is 7.11 Å². The number of aromatic nitrogens is 3. The van der Waals surface area contributed by atoms with Crippen molar-refractivity contribution in [2.24, 2.45) is 0 Å². The monoisotopic (exact) mass is 501 g/mol. The zero-order valence-electron chi connectivity index (χ0n) is 20.7. The lowest BCUT2D eigenvalue weighted by Crippen LogP contribution is -2.06. The number of fused-ring (bicyclic) bond motifs is 1. The zero-order chi connectivity index (χ0) is 26.5. The van der Waals surface area contributed by atoms with Gasteiger partial charge in [0.15, 0.2) is 5.65 Å². The number of esters is 1. The van der Waals surface area contributed by atoms with E-state index in [0.717, 1.165) is 5.56 Å². The molecule has 0 fully saturated rings. The lowest BCUT2D eigenvalue weighted by atomic mass is 10.1. The van der Waals surface area contributed by atoms with Gasteiger partial charge in [0, 0.05) is 5.56 Å². The van der Waals surface area contributed by atoms with Crippen molar-refractivity contribution in [1.82, 2.24) is 14.8 Å². The first kappa shape index (κ1) is 25.5. The van der Waals surface area contributed by atoms with Crippen molar-refractivity contribution in [3.05, 3.63) is 114 Å². The summed E-state index contributed by atoms with van der Waals surface area (Å²) in [5, 5.41) is 5.22. The number of carbonyl (C=O) groups is 1. The smallest absolute Gasteiger partial charge is 0.338 e. The number of pyridine rings is 1. The van der Waals surface area contributed by atoms with Gasteiger partial charge < -0.3 is 9.47 Å². The van der Waals surface area contributed by atoms with Crippen LogP contribution in [0.2, 0.25) is 0 Å². The molecular weight excluding hydrogens is 476 g/mol. The van der Waals surface area contributed by atoms with Crippen molar-refractivity contribution >= 4 is 17.0 Å². The van der Waals surface area contributed by atoms with E-state index in [0.29, 0.717) is 51.6 Å². The van der Waals surface area contributed by atoms with Gasteiger partial charge in [-0.25, -0.2) is 23.2 Å². The number of benzene rings is 2. The van der Waals surface area contributed by atoms with Crippen LogP contribution < -0.4 is 4.74 Å². The number of methoxy groups -OCH3 is 1. The molecule has 0 aliphatic carbocycles. The van der Waals surface area contributed by atoms with E-state index in [-0.39, 0.29) is 11.6 Å². The van der Waals surface area contributed by atoms with Crippen LogP contribution in [0.25, 0.3) is 22.3 Å². The molecule has 0 saturated heterocycles. The van der Waals surface area contributed by atoms with Crippen LogP contribution in [0, 0.1) is 12.7 Å². The summed E-state index contributed by atoms with van der Waals surface area (Å²) in [6.07, 6.45) is 4.29. The maximum absolute atomic E-state index is 13.5. The largest absolute Gasteiger partial charge is 0.465 e. The molecule has 4 aromatic rings. The van der Waals surface area contributed by atoms with Crippen LogP contribution in [0.3, 0.4) is 0 Å². The van der Waals surface area contributed by atoms with Crippen LogP contribution >= 0.6 is 0 Å². The number of aryl methyl sites for hydroxylation is 1. The molecule has 0 spiro atoms. The molecule has 0 saturated carbocycles. The van der Waals surface area contributed by atoms with Gasteiger partial charge in [0.1, 0.15) is 17.3 Å². The Morgan fingerprint density at radius 2 is 1.81 bits per heavy atom. The van der Waals surface area contributed by atoms with E-state index in [4.69, 9.17) is 14.5 Å². The third kappa shape index (κ3) is 5.81. The summed E-state index contributed by atoms with van der Waals surface area (Å²) in [7, 11) is 1.32. The molecule has 8 heteroatoms. The Bertz CT molecular complexity index is 1520. The van der Waals surface area contributed by atoms with E-state index in [9.17, 15) is 13.6 Å². The Morgan fingerprint density at radius 3 is 2.43 bits per heavy atom. The van der Waals surface area contributed by atoms with Gasteiger partial charge in [-0.15, -0.1) is 0 Å². The maximum atomic E-state index is 13.5. The Balaban J connectivity index is 1.69. The molecule has 0 N–H and O–H groups in total. The molecule has 188 valence electrons. The van der Waals surface area contributed by atoms with E-state index in [2.05, 4.69) is 11.7 Å². The first-order chi connectivity index (χ1) is 17.8. The average Bonchev–Trinajstić information content (AvgIpc) is 3.21. The Labute approximate surface area is 213 Å². The Morgan fingerprint density at radius 1 is 1.11 bits per heavy atom. The highest BCUT2D eigenvalue weighted by molar-refractivity contribution is 6.05. The van der Waals surface area contributed by atoms with Gasteiger partial charge in [-0.3, -0.25) is 0 Å². The van der Waals surface area contributed by atoms with Crippen molar-refractivity contribution in [1.29, 1.82) is 0 Å². The molecule has 6 nitrogen and oxygen atoms in total. The van der Waals surface area contributed by atoms with E-state index >= 15 is 0 Å². The highest BCUT2D eigenvalue weighted by Gasteiger charge is 2.21. The van der Waals surface area contributed by atoms with Gasteiger partial charge in [0.05, 0.1) is 41.8 Å². The number of allylic oxidation sites excluding steroid dienone is 4. The summed E-state index contributed by atoms with van der Waals surface area (Å²) < 4.78 is 38.9. The number of rotatable bonds is 8. The molecular formula is C29H25F2N3O3. The summed E-state index contributed by atoms with van der Waals surface area (Å²) in [5.74, 6) is -0.247. The van der Waals surface area contributed by atoms with Crippen LogP contribution in [-0.2, 0) is 11.3 Å². The normalized spacial score (nSPS) is 12.0. The van der Waals surface area contributed by atoms with Gasteiger partial charge in [0.2, 0.25) is 0 Å². The first-order valence-corrected chi connectivity index (χ1v) is 11.4. The third-order valence-corrected chi connectivity index (χ3v) is 5.59. The van der Waals surface area contributed by atoms with E-state index in [1.807, 2.05) is 12.1 Å². The molecule has 37 heavy (non-hydrogen) atoms. The van der Waals surface area contributed by atoms with Crippen LogP contribution in [0.1, 0.15) is 28.5 Å². The SMILES string of the molecule is C=C/C(=C\C=C(/C)F)Oc1ccc(Cn2nc(C)c3c(C(=O)OC)cc(-c4ccc(F)cc4)nc32)cc1. The second-order valence-electron chi connectivity index (χ2n) is 8.27. The fourth-order valence-corrected chi connectivity index (χ4v) is 3.82.